The van der Waals surface area contributed by atoms with E-state index in [9.17, 15) is 14.5 Å². The van der Waals surface area contributed by atoms with Crippen LogP contribution in [0.25, 0.3) is 0 Å². The summed E-state index contributed by atoms with van der Waals surface area (Å²) in [7, 11) is 0. The molecule has 0 radical (unpaired) electrons. The molecular formula is C12H15FN2O4. The third kappa shape index (κ3) is 3.18. The summed E-state index contributed by atoms with van der Waals surface area (Å²) < 4.78 is 24.5. The summed E-state index contributed by atoms with van der Waals surface area (Å²) in [6, 6.07) is 3.39. The molecule has 0 amide bonds. The van der Waals surface area contributed by atoms with E-state index in [0.29, 0.717) is 13.2 Å². The molecule has 1 aromatic carbocycles. The van der Waals surface area contributed by atoms with Crippen LogP contribution in [0.1, 0.15) is 13.8 Å². The van der Waals surface area contributed by atoms with E-state index in [0.717, 1.165) is 0 Å². The maximum absolute atomic E-state index is 13.7. The van der Waals surface area contributed by atoms with Gasteiger partial charge in [-0.15, -0.1) is 0 Å². The lowest BCUT2D eigenvalue weighted by atomic mass is 10.2. The van der Waals surface area contributed by atoms with Crippen LogP contribution in [0.5, 0.6) is 0 Å². The minimum Gasteiger partial charge on any atom is -0.370 e. The molecular weight excluding hydrogens is 255 g/mol. The van der Waals surface area contributed by atoms with Gasteiger partial charge in [-0.25, -0.2) is 4.39 Å². The molecule has 7 heteroatoms. The molecule has 19 heavy (non-hydrogen) atoms. The molecule has 0 bridgehead atoms. The highest BCUT2D eigenvalue weighted by Crippen LogP contribution is 2.29. The number of benzene rings is 1. The number of nitro groups is 1. The van der Waals surface area contributed by atoms with Gasteiger partial charge in [-0.1, -0.05) is 6.07 Å². The van der Waals surface area contributed by atoms with E-state index in [-0.39, 0.29) is 17.4 Å². The molecule has 1 saturated heterocycles. The molecule has 0 aliphatic carbocycles. The Morgan fingerprint density at radius 2 is 2.05 bits per heavy atom. The van der Waals surface area contributed by atoms with Crippen molar-refractivity contribution >= 4 is 11.4 Å². The van der Waals surface area contributed by atoms with Crippen molar-refractivity contribution in [2.45, 2.75) is 25.7 Å². The van der Waals surface area contributed by atoms with Crippen LogP contribution >= 0.6 is 0 Å². The third-order valence-electron chi connectivity index (χ3n) is 2.80. The summed E-state index contributed by atoms with van der Waals surface area (Å²) in [6.45, 7) is 4.13. The Kier molecular flexibility index (Phi) is 3.68. The molecule has 1 aliphatic rings. The predicted octanol–water partition coefficient (Wildman–Crippen LogP) is 2.30. The number of nitrogens with one attached hydrogen (secondary N) is 1. The number of nitro benzene ring substituents is 1. The first-order valence-electron chi connectivity index (χ1n) is 5.86. The molecule has 0 saturated carbocycles. The average molecular weight is 270 g/mol. The largest absolute Gasteiger partial charge is 0.370 e. The minimum atomic E-state index is -0.681. The van der Waals surface area contributed by atoms with Gasteiger partial charge in [0, 0.05) is 6.07 Å². The molecule has 1 fully saturated rings. The summed E-state index contributed by atoms with van der Waals surface area (Å²) in [5.41, 5.74) is -0.436. The fourth-order valence-electron chi connectivity index (χ4n) is 1.79. The molecule has 1 heterocycles. The predicted molar refractivity (Wildman–Crippen MR) is 66.4 cm³/mol. The second-order valence-corrected chi connectivity index (χ2v) is 4.75. The van der Waals surface area contributed by atoms with Crippen LogP contribution in [-0.4, -0.2) is 30.0 Å². The van der Waals surface area contributed by atoms with Crippen molar-refractivity contribution in [2.24, 2.45) is 0 Å². The van der Waals surface area contributed by atoms with Crippen LogP contribution in [0.4, 0.5) is 15.8 Å². The maximum Gasteiger partial charge on any atom is 0.295 e. The molecule has 0 atom stereocenters. The number of ether oxygens (including phenoxy) is 2. The van der Waals surface area contributed by atoms with Gasteiger partial charge >= 0.3 is 0 Å². The smallest absolute Gasteiger partial charge is 0.295 e. The van der Waals surface area contributed by atoms with Crippen molar-refractivity contribution in [3.63, 3.8) is 0 Å². The van der Waals surface area contributed by atoms with E-state index in [1.54, 1.807) is 13.8 Å². The van der Waals surface area contributed by atoms with Gasteiger partial charge in [0.15, 0.2) is 11.6 Å². The highest BCUT2D eigenvalue weighted by molar-refractivity contribution is 5.62. The fourth-order valence-corrected chi connectivity index (χ4v) is 1.79. The summed E-state index contributed by atoms with van der Waals surface area (Å²) in [4.78, 5) is 10.2. The number of para-hydroxylation sites is 1. The normalized spacial score (nSPS) is 19.1. The van der Waals surface area contributed by atoms with Crippen molar-refractivity contribution in [3.05, 3.63) is 34.1 Å². The zero-order valence-electron chi connectivity index (χ0n) is 10.7. The first-order chi connectivity index (χ1) is 8.89. The average Bonchev–Trinajstić information content (AvgIpc) is 2.33. The molecule has 0 aromatic heterocycles. The first-order valence-corrected chi connectivity index (χ1v) is 5.86. The van der Waals surface area contributed by atoms with Crippen molar-refractivity contribution in [1.29, 1.82) is 0 Å². The van der Waals surface area contributed by atoms with Crippen molar-refractivity contribution < 1.29 is 18.8 Å². The van der Waals surface area contributed by atoms with Gasteiger partial charge in [0.2, 0.25) is 0 Å². The van der Waals surface area contributed by atoms with Crippen molar-refractivity contribution in [3.8, 4) is 0 Å². The Labute approximate surface area is 109 Å². The molecule has 6 nitrogen and oxygen atoms in total. The molecule has 1 aromatic rings. The Morgan fingerprint density at radius 3 is 2.63 bits per heavy atom. The van der Waals surface area contributed by atoms with Crippen LogP contribution in [-0.2, 0) is 9.47 Å². The molecule has 1 N–H and O–H groups in total. The Morgan fingerprint density at radius 1 is 1.42 bits per heavy atom. The van der Waals surface area contributed by atoms with Crippen LogP contribution in [0.2, 0.25) is 0 Å². The van der Waals surface area contributed by atoms with Gasteiger partial charge in [-0.05, 0) is 19.9 Å². The lowest BCUT2D eigenvalue weighted by Crippen LogP contribution is -2.45. The number of anilines is 1. The van der Waals surface area contributed by atoms with E-state index in [4.69, 9.17) is 9.47 Å². The van der Waals surface area contributed by atoms with Gasteiger partial charge in [-0.3, -0.25) is 10.1 Å². The van der Waals surface area contributed by atoms with Crippen LogP contribution < -0.4 is 5.32 Å². The molecule has 2 rings (SSSR count). The quantitative estimate of drug-likeness (QED) is 0.674. The Bertz CT molecular complexity index is 483. The molecule has 0 spiro atoms. The second-order valence-electron chi connectivity index (χ2n) is 4.75. The van der Waals surface area contributed by atoms with E-state index in [1.165, 1.54) is 18.2 Å². The topological polar surface area (TPSA) is 73.6 Å². The summed E-state index contributed by atoms with van der Waals surface area (Å²) >= 11 is 0. The lowest BCUT2D eigenvalue weighted by Gasteiger charge is -2.35. The standard InChI is InChI=1S/C12H15FN2O4/c1-12(2)18-6-8(7-19-12)14-11-9(13)4-3-5-10(11)15(16)17/h3-5,8,14H,6-7H2,1-2H3. The second kappa shape index (κ2) is 5.10. The van der Waals surface area contributed by atoms with Gasteiger partial charge in [0.05, 0.1) is 24.2 Å². The Hall–Kier alpha value is -1.73. The maximum atomic E-state index is 13.7. The zero-order valence-corrected chi connectivity index (χ0v) is 10.7. The van der Waals surface area contributed by atoms with Gasteiger partial charge in [0.1, 0.15) is 5.69 Å². The van der Waals surface area contributed by atoms with E-state index in [2.05, 4.69) is 5.32 Å². The molecule has 0 unspecified atom stereocenters. The van der Waals surface area contributed by atoms with E-state index < -0.39 is 16.5 Å². The minimum absolute atomic E-state index is 0.135. The van der Waals surface area contributed by atoms with Crippen molar-refractivity contribution in [2.75, 3.05) is 18.5 Å². The lowest BCUT2D eigenvalue weighted by molar-refractivity contribution is -0.384. The summed E-state index contributed by atoms with van der Waals surface area (Å²) in [5.74, 6) is -1.35. The number of rotatable bonds is 3. The fraction of sp³-hybridized carbons (Fsp3) is 0.500. The number of nitrogens with zero attached hydrogens (tertiary/aromatic N) is 1. The van der Waals surface area contributed by atoms with Gasteiger partial charge in [0.25, 0.3) is 5.69 Å². The molecule has 104 valence electrons. The number of halogens is 1. The van der Waals surface area contributed by atoms with Crippen molar-refractivity contribution in [1.82, 2.24) is 0 Å². The van der Waals surface area contributed by atoms with Crippen LogP contribution in [0.15, 0.2) is 18.2 Å². The molecule has 1 aliphatic heterocycles. The Balaban J connectivity index is 2.14. The third-order valence-corrected chi connectivity index (χ3v) is 2.80. The highest BCUT2D eigenvalue weighted by atomic mass is 19.1. The number of hydrogen-bond donors (Lipinski definition) is 1. The summed E-state index contributed by atoms with van der Waals surface area (Å²) in [6.07, 6.45) is 0. The first kappa shape index (κ1) is 13.7. The van der Waals surface area contributed by atoms with E-state index in [1.807, 2.05) is 0 Å². The highest BCUT2D eigenvalue weighted by Gasteiger charge is 2.30. The van der Waals surface area contributed by atoms with Crippen LogP contribution in [0.3, 0.4) is 0 Å². The van der Waals surface area contributed by atoms with Gasteiger partial charge in [-0.2, -0.15) is 0 Å². The summed E-state index contributed by atoms with van der Waals surface area (Å²) in [5, 5.41) is 13.6. The van der Waals surface area contributed by atoms with Gasteiger partial charge < -0.3 is 14.8 Å². The zero-order chi connectivity index (χ0) is 14.0. The SMILES string of the molecule is CC1(C)OCC(Nc2c(F)cccc2[N+](=O)[O-])CO1. The van der Waals surface area contributed by atoms with Crippen LogP contribution in [0, 0.1) is 15.9 Å². The number of hydrogen-bond acceptors (Lipinski definition) is 5. The van der Waals surface area contributed by atoms with E-state index >= 15 is 0 Å². The monoisotopic (exact) mass is 270 g/mol.